The van der Waals surface area contributed by atoms with E-state index in [1.165, 1.54) is 25.7 Å². The molecule has 7 nitrogen and oxygen atoms in total. The lowest BCUT2D eigenvalue weighted by molar-refractivity contribution is -0.193. The average Bonchev–Trinajstić information content (AvgIpc) is 3.77. The quantitative estimate of drug-likeness (QED) is 0.120. The number of hydrogen-bond acceptors (Lipinski definition) is 7. The summed E-state index contributed by atoms with van der Waals surface area (Å²) < 4.78 is 12.9. The lowest BCUT2D eigenvalue weighted by Gasteiger charge is -2.47. The van der Waals surface area contributed by atoms with E-state index in [0.29, 0.717) is 29.6 Å². The third-order valence-corrected chi connectivity index (χ3v) is 12.4. The number of ether oxygens (including phenoxy) is 2. The predicted octanol–water partition coefficient (Wildman–Crippen LogP) is 6.17. The summed E-state index contributed by atoms with van der Waals surface area (Å²) in [4.78, 5) is 40.4. The zero-order chi connectivity index (χ0) is 31.6. The van der Waals surface area contributed by atoms with E-state index in [9.17, 15) is 24.6 Å². The second-order valence-electron chi connectivity index (χ2n) is 14.8. The molecule has 0 aromatic carbocycles. The molecule has 0 aliphatic heterocycles. The monoisotopic (exact) mass is 596 g/mol. The van der Waals surface area contributed by atoms with E-state index in [4.69, 9.17) is 9.47 Å². The maximum absolute atomic E-state index is 13.5. The van der Waals surface area contributed by atoms with Crippen LogP contribution in [0.4, 0.5) is 0 Å². The Balaban J connectivity index is 1.51. The van der Waals surface area contributed by atoms with Gasteiger partial charge in [-0.1, -0.05) is 84.4 Å². The van der Waals surface area contributed by atoms with E-state index in [1.54, 1.807) is 26.8 Å². The molecule has 238 valence electrons. The van der Waals surface area contributed by atoms with Crippen molar-refractivity contribution in [1.29, 1.82) is 0 Å². The van der Waals surface area contributed by atoms with Crippen LogP contribution in [0, 0.1) is 34.0 Å². The second kappa shape index (κ2) is 11.0. The standard InChI is InChI=1S/C36H52O7/c1-8-10-11-12-13-14-15-16-27(38)43-36-28(32(36,6)7)26-17-25(20-37)19-35(41)29(39)23(4)18-33(35)21-34(26,33)24(5)30(36)42-31(40)22(3)9-2/h9,17-18,24,26,28,30,37,41H,8,10-16,19-21H2,1-7H3/b22-9+/t24-,26+,28?,30-,33-,34+,35+,36-/m1/s1. The summed E-state index contributed by atoms with van der Waals surface area (Å²) >= 11 is 0. The Morgan fingerprint density at radius 1 is 1.12 bits per heavy atom. The SMILES string of the molecule is C/C=C(\C)C(=O)O[C@@H]1[C@@H](C)[C@]23C[C@]24C=C(C)C(=O)[C@@]4(O)CC(CO)=C[C@H]3C2C(C)(C)[C@@]21OC(=O)CCCCCCCCC. The minimum atomic E-state index is -1.66. The minimum Gasteiger partial charge on any atom is -0.454 e. The molecule has 5 aliphatic carbocycles. The van der Waals surface area contributed by atoms with Crippen LogP contribution in [0.15, 0.2) is 34.9 Å². The van der Waals surface area contributed by atoms with Crippen molar-refractivity contribution in [3.63, 3.8) is 0 Å². The number of esters is 2. The van der Waals surface area contributed by atoms with Crippen molar-refractivity contribution in [1.82, 2.24) is 0 Å². The fraction of sp³-hybridized carbons (Fsp3) is 0.750. The fourth-order valence-electron chi connectivity index (χ4n) is 9.97. The van der Waals surface area contributed by atoms with E-state index in [2.05, 4.69) is 26.8 Å². The van der Waals surface area contributed by atoms with Crippen molar-refractivity contribution in [3.8, 4) is 0 Å². The number of carbonyl (C=O) groups excluding carboxylic acids is 3. The zero-order valence-corrected chi connectivity index (χ0v) is 27.3. The smallest absolute Gasteiger partial charge is 0.333 e. The predicted molar refractivity (Wildman–Crippen MR) is 164 cm³/mol. The minimum absolute atomic E-state index is 0.0709. The van der Waals surface area contributed by atoms with Crippen molar-refractivity contribution in [2.75, 3.05) is 6.61 Å². The van der Waals surface area contributed by atoms with E-state index in [-0.39, 0.29) is 42.5 Å². The van der Waals surface area contributed by atoms with Crippen LogP contribution in [0.2, 0.25) is 0 Å². The molecule has 43 heavy (non-hydrogen) atoms. The van der Waals surface area contributed by atoms with Crippen LogP contribution in [0.1, 0.15) is 113 Å². The van der Waals surface area contributed by atoms with E-state index in [0.717, 1.165) is 19.3 Å². The number of unbranched alkanes of at least 4 members (excludes halogenated alkanes) is 6. The topological polar surface area (TPSA) is 110 Å². The normalized spacial score (nSPS) is 40.2. The summed E-state index contributed by atoms with van der Waals surface area (Å²) in [5.41, 5.74) is -3.01. The Labute approximate surface area is 257 Å². The van der Waals surface area contributed by atoms with Gasteiger partial charge in [0.15, 0.2) is 11.4 Å². The van der Waals surface area contributed by atoms with Crippen LogP contribution in [0.5, 0.6) is 0 Å². The molecule has 7 heteroatoms. The summed E-state index contributed by atoms with van der Waals surface area (Å²) in [6.45, 7) is 13.4. The van der Waals surface area contributed by atoms with Gasteiger partial charge in [0.2, 0.25) is 0 Å². The van der Waals surface area contributed by atoms with Crippen LogP contribution in [-0.2, 0) is 23.9 Å². The molecule has 2 N–H and O–H groups in total. The molecule has 2 spiro atoms. The highest BCUT2D eigenvalue weighted by Gasteiger charge is 2.94. The van der Waals surface area contributed by atoms with Gasteiger partial charge in [-0.05, 0) is 56.1 Å². The number of rotatable bonds is 12. The summed E-state index contributed by atoms with van der Waals surface area (Å²) in [6.07, 6.45) is 13.6. The third kappa shape index (κ3) is 4.30. The number of fused-ring (bicyclic) bond motifs is 2. The van der Waals surface area contributed by atoms with Gasteiger partial charge in [-0.3, -0.25) is 9.59 Å². The van der Waals surface area contributed by atoms with Gasteiger partial charge in [-0.2, -0.15) is 0 Å². The highest BCUT2D eigenvalue weighted by molar-refractivity contribution is 6.06. The van der Waals surface area contributed by atoms with Crippen molar-refractivity contribution < 1.29 is 34.1 Å². The first kappa shape index (κ1) is 32.2. The van der Waals surface area contributed by atoms with Crippen molar-refractivity contribution >= 4 is 17.7 Å². The Morgan fingerprint density at radius 3 is 2.40 bits per heavy atom. The maximum atomic E-state index is 13.5. The highest BCUT2D eigenvalue weighted by Crippen LogP contribution is 2.89. The molecule has 5 rings (SSSR count). The molecule has 0 aromatic heterocycles. The molecule has 0 saturated heterocycles. The highest BCUT2D eigenvalue weighted by atomic mass is 16.6. The zero-order valence-electron chi connectivity index (χ0n) is 27.3. The van der Waals surface area contributed by atoms with Gasteiger partial charge in [-0.25, -0.2) is 4.79 Å². The van der Waals surface area contributed by atoms with Crippen molar-refractivity contribution in [2.24, 2.45) is 34.0 Å². The van der Waals surface area contributed by atoms with Gasteiger partial charge in [0.05, 0.1) is 6.61 Å². The lowest BCUT2D eigenvalue weighted by Crippen LogP contribution is -2.56. The van der Waals surface area contributed by atoms with Crippen LogP contribution < -0.4 is 0 Å². The first-order chi connectivity index (χ1) is 20.3. The molecule has 1 unspecified atom stereocenters. The second-order valence-corrected chi connectivity index (χ2v) is 14.8. The number of ketones is 1. The van der Waals surface area contributed by atoms with Gasteiger partial charge in [0, 0.05) is 41.1 Å². The third-order valence-electron chi connectivity index (χ3n) is 12.4. The van der Waals surface area contributed by atoms with E-state index < -0.39 is 39.5 Å². The van der Waals surface area contributed by atoms with Gasteiger partial charge < -0.3 is 19.7 Å². The summed E-state index contributed by atoms with van der Waals surface area (Å²) in [7, 11) is 0. The Bertz CT molecular complexity index is 1270. The number of aliphatic hydroxyl groups excluding tert-OH is 1. The molecule has 0 bridgehead atoms. The van der Waals surface area contributed by atoms with Crippen LogP contribution in [-0.4, -0.2) is 51.8 Å². The molecule has 0 amide bonds. The van der Waals surface area contributed by atoms with Crippen LogP contribution in [0.3, 0.4) is 0 Å². The fourth-order valence-corrected chi connectivity index (χ4v) is 9.97. The first-order valence-corrected chi connectivity index (χ1v) is 16.6. The Morgan fingerprint density at radius 2 is 1.77 bits per heavy atom. The number of allylic oxidation sites excluding steroid dienone is 2. The van der Waals surface area contributed by atoms with Crippen molar-refractivity contribution in [3.05, 3.63) is 34.9 Å². The summed E-state index contributed by atoms with van der Waals surface area (Å²) in [5, 5.41) is 22.5. The average molecular weight is 597 g/mol. The molecule has 0 heterocycles. The molecule has 3 saturated carbocycles. The molecular formula is C36H52O7. The molecule has 5 aliphatic rings. The van der Waals surface area contributed by atoms with Crippen molar-refractivity contribution in [2.45, 2.75) is 130 Å². The van der Waals surface area contributed by atoms with Gasteiger partial charge in [-0.15, -0.1) is 0 Å². The van der Waals surface area contributed by atoms with Gasteiger partial charge in [0.1, 0.15) is 11.7 Å². The summed E-state index contributed by atoms with van der Waals surface area (Å²) in [6, 6.07) is 0. The molecular weight excluding hydrogens is 544 g/mol. The maximum Gasteiger partial charge on any atom is 0.333 e. The Hall–Kier alpha value is -2.25. The van der Waals surface area contributed by atoms with Gasteiger partial charge >= 0.3 is 11.9 Å². The molecule has 0 radical (unpaired) electrons. The van der Waals surface area contributed by atoms with E-state index in [1.807, 2.05) is 13.0 Å². The molecule has 0 aromatic rings. The van der Waals surface area contributed by atoms with E-state index >= 15 is 0 Å². The summed E-state index contributed by atoms with van der Waals surface area (Å²) in [5.74, 6) is -1.71. The lowest BCUT2D eigenvalue weighted by atomic mass is 9.62. The van der Waals surface area contributed by atoms with Crippen LogP contribution in [0.25, 0.3) is 0 Å². The first-order valence-electron chi connectivity index (χ1n) is 16.6. The molecule has 8 atom stereocenters. The molecule has 3 fully saturated rings. The Kier molecular flexibility index (Phi) is 8.21. The number of Topliss-reactive ketones (excluding diaryl/α,β-unsaturated/α-hetero) is 1. The van der Waals surface area contributed by atoms with Crippen LogP contribution >= 0.6 is 0 Å². The number of hydrogen-bond donors (Lipinski definition) is 2. The largest absolute Gasteiger partial charge is 0.454 e. The number of aliphatic hydroxyl groups is 2. The number of carbonyl (C=O) groups is 3. The van der Waals surface area contributed by atoms with Gasteiger partial charge in [0.25, 0.3) is 0 Å².